The van der Waals surface area contributed by atoms with Crippen molar-refractivity contribution in [3.63, 3.8) is 0 Å². The predicted octanol–water partition coefficient (Wildman–Crippen LogP) is 1.15. The number of amides is 1. The second-order valence-corrected chi connectivity index (χ2v) is 3.95. The number of hydrogen-bond acceptors (Lipinski definition) is 3. The first-order chi connectivity index (χ1) is 8.75. The fourth-order valence-electron chi connectivity index (χ4n) is 1.55. The van der Waals surface area contributed by atoms with Gasteiger partial charge in [-0.1, -0.05) is 18.2 Å². The van der Waals surface area contributed by atoms with E-state index in [-0.39, 0.29) is 12.5 Å². The number of anilines is 1. The molecule has 1 aromatic heterocycles. The summed E-state index contributed by atoms with van der Waals surface area (Å²) >= 11 is 0. The van der Waals surface area contributed by atoms with Gasteiger partial charge in [-0.25, -0.2) is 4.98 Å². The third-order valence-electron chi connectivity index (χ3n) is 2.59. The summed E-state index contributed by atoms with van der Waals surface area (Å²) < 4.78 is 1.88. The van der Waals surface area contributed by atoms with Crippen molar-refractivity contribution in [2.75, 3.05) is 11.9 Å². The van der Waals surface area contributed by atoms with Crippen molar-refractivity contribution in [3.8, 4) is 0 Å². The quantitative estimate of drug-likeness (QED) is 0.829. The molecule has 5 nitrogen and oxygen atoms in total. The summed E-state index contributed by atoms with van der Waals surface area (Å²) in [5, 5.41) is 5.86. The van der Waals surface area contributed by atoms with E-state index in [1.807, 2.05) is 48.1 Å². The number of carbonyl (C=O) groups excluding carboxylic acids is 1. The van der Waals surface area contributed by atoms with Gasteiger partial charge in [-0.2, -0.15) is 0 Å². The van der Waals surface area contributed by atoms with E-state index in [0.29, 0.717) is 6.54 Å². The monoisotopic (exact) mass is 244 g/mol. The Bertz CT molecular complexity index is 507. The molecule has 0 radical (unpaired) electrons. The van der Waals surface area contributed by atoms with Crippen LogP contribution in [0.15, 0.2) is 42.7 Å². The molecule has 0 aliphatic carbocycles. The van der Waals surface area contributed by atoms with E-state index in [1.54, 1.807) is 6.20 Å². The lowest BCUT2D eigenvalue weighted by atomic mass is 10.3. The molecule has 0 atom stereocenters. The molecule has 0 aliphatic rings. The molecule has 1 amide bonds. The molecule has 18 heavy (non-hydrogen) atoms. The molecule has 0 unspecified atom stereocenters. The molecule has 0 saturated heterocycles. The Kier molecular flexibility index (Phi) is 3.96. The van der Waals surface area contributed by atoms with Crippen molar-refractivity contribution in [2.45, 2.75) is 6.54 Å². The van der Waals surface area contributed by atoms with Gasteiger partial charge in [0.15, 0.2) is 0 Å². The van der Waals surface area contributed by atoms with Gasteiger partial charge >= 0.3 is 0 Å². The maximum atomic E-state index is 11.6. The number of nitrogens with one attached hydrogen (secondary N) is 2. The highest BCUT2D eigenvalue weighted by Gasteiger charge is 2.03. The Morgan fingerprint density at radius 1 is 1.33 bits per heavy atom. The summed E-state index contributed by atoms with van der Waals surface area (Å²) in [5.74, 6) is 0.782. The molecule has 5 heteroatoms. The summed E-state index contributed by atoms with van der Waals surface area (Å²) in [5.41, 5.74) is 0.935. The maximum absolute atomic E-state index is 11.6. The van der Waals surface area contributed by atoms with Crippen LogP contribution in [0, 0.1) is 0 Å². The van der Waals surface area contributed by atoms with Crippen LogP contribution in [0.25, 0.3) is 0 Å². The van der Waals surface area contributed by atoms with Gasteiger partial charge in [0.2, 0.25) is 5.91 Å². The molecule has 1 heterocycles. The first kappa shape index (κ1) is 12.2. The van der Waals surface area contributed by atoms with Crippen LogP contribution in [-0.2, 0) is 18.4 Å². The van der Waals surface area contributed by atoms with Crippen molar-refractivity contribution >= 4 is 11.6 Å². The van der Waals surface area contributed by atoms with Gasteiger partial charge in [-0.3, -0.25) is 4.79 Å². The number of rotatable bonds is 5. The molecule has 2 N–H and O–H groups in total. The highest BCUT2D eigenvalue weighted by Crippen LogP contribution is 2.03. The van der Waals surface area contributed by atoms with Crippen LogP contribution in [0.3, 0.4) is 0 Å². The number of para-hydroxylation sites is 1. The maximum Gasteiger partial charge on any atom is 0.239 e. The number of aromatic nitrogens is 2. The van der Waals surface area contributed by atoms with E-state index in [2.05, 4.69) is 15.6 Å². The van der Waals surface area contributed by atoms with Gasteiger partial charge in [0, 0.05) is 25.1 Å². The highest BCUT2D eigenvalue weighted by atomic mass is 16.1. The number of aryl methyl sites for hydroxylation is 1. The zero-order valence-corrected chi connectivity index (χ0v) is 10.3. The van der Waals surface area contributed by atoms with Crippen molar-refractivity contribution in [1.29, 1.82) is 0 Å². The lowest BCUT2D eigenvalue weighted by molar-refractivity contribution is -0.119. The lowest BCUT2D eigenvalue weighted by Gasteiger charge is -2.07. The number of imidazole rings is 1. The minimum atomic E-state index is -0.0538. The summed E-state index contributed by atoms with van der Waals surface area (Å²) in [4.78, 5) is 15.7. The summed E-state index contributed by atoms with van der Waals surface area (Å²) in [7, 11) is 1.90. The smallest absolute Gasteiger partial charge is 0.239 e. The van der Waals surface area contributed by atoms with Gasteiger partial charge in [0.25, 0.3) is 0 Å². The lowest BCUT2D eigenvalue weighted by Crippen LogP contribution is -2.30. The van der Waals surface area contributed by atoms with Crippen molar-refractivity contribution in [2.24, 2.45) is 7.05 Å². The Labute approximate surface area is 106 Å². The number of carbonyl (C=O) groups is 1. The van der Waals surface area contributed by atoms with Crippen LogP contribution in [0.2, 0.25) is 0 Å². The third kappa shape index (κ3) is 3.35. The van der Waals surface area contributed by atoms with Crippen LogP contribution >= 0.6 is 0 Å². The van der Waals surface area contributed by atoms with Crippen LogP contribution in [-0.4, -0.2) is 22.0 Å². The fraction of sp³-hybridized carbons (Fsp3) is 0.231. The van der Waals surface area contributed by atoms with Gasteiger partial charge in [0.05, 0.1) is 13.1 Å². The molecule has 0 aliphatic heterocycles. The molecule has 0 spiro atoms. The van der Waals surface area contributed by atoms with Gasteiger partial charge in [-0.15, -0.1) is 0 Å². The second-order valence-electron chi connectivity index (χ2n) is 3.95. The van der Waals surface area contributed by atoms with Gasteiger partial charge < -0.3 is 15.2 Å². The molecule has 1 aromatic carbocycles. The fourth-order valence-corrected chi connectivity index (χ4v) is 1.55. The zero-order chi connectivity index (χ0) is 12.8. The van der Waals surface area contributed by atoms with Crippen LogP contribution in [0.4, 0.5) is 5.69 Å². The second kappa shape index (κ2) is 5.86. The topological polar surface area (TPSA) is 59.0 Å². The molecule has 0 bridgehead atoms. The van der Waals surface area contributed by atoms with Gasteiger partial charge in [-0.05, 0) is 12.1 Å². The molecule has 0 fully saturated rings. The average molecular weight is 244 g/mol. The van der Waals surface area contributed by atoms with Crippen molar-refractivity contribution < 1.29 is 4.79 Å². The van der Waals surface area contributed by atoms with Crippen LogP contribution in [0.1, 0.15) is 5.82 Å². The van der Waals surface area contributed by atoms with E-state index < -0.39 is 0 Å². The average Bonchev–Trinajstić information content (AvgIpc) is 2.81. The minimum Gasteiger partial charge on any atom is -0.376 e. The van der Waals surface area contributed by atoms with E-state index in [1.165, 1.54) is 0 Å². The molecule has 0 saturated carbocycles. The molecular weight excluding hydrogens is 228 g/mol. The van der Waals surface area contributed by atoms with Crippen molar-refractivity contribution in [1.82, 2.24) is 14.9 Å². The molecular formula is C13H16N4O. The van der Waals surface area contributed by atoms with Crippen molar-refractivity contribution in [3.05, 3.63) is 48.5 Å². The molecule has 2 rings (SSSR count). The standard InChI is InChI=1S/C13H16N4O/c1-17-8-7-14-12(17)9-16-13(18)10-15-11-5-3-2-4-6-11/h2-8,15H,9-10H2,1H3,(H,16,18). The summed E-state index contributed by atoms with van der Waals surface area (Å²) in [6.45, 7) is 0.702. The highest BCUT2D eigenvalue weighted by molar-refractivity contribution is 5.80. The third-order valence-corrected chi connectivity index (χ3v) is 2.59. The first-order valence-electron chi connectivity index (χ1n) is 5.77. The zero-order valence-electron chi connectivity index (χ0n) is 10.3. The van der Waals surface area contributed by atoms with E-state index in [0.717, 1.165) is 11.5 Å². The number of hydrogen-bond donors (Lipinski definition) is 2. The first-order valence-corrected chi connectivity index (χ1v) is 5.77. The Morgan fingerprint density at radius 2 is 2.11 bits per heavy atom. The van der Waals surface area contributed by atoms with Crippen LogP contribution < -0.4 is 10.6 Å². The molecule has 2 aromatic rings. The predicted molar refractivity (Wildman–Crippen MR) is 70.0 cm³/mol. The van der Waals surface area contributed by atoms with Gasteiger partial charge in [0.1, 0.15) is 5.82 Å². The van der Waals surface area contributed by atoms with E-state index in [9.17, 15) is 4.79 Å². The van der Waals surface area contributed by atoms with E-state index >= 15 is 0 Å². The summed E-state index contributed by atoms with van der Waals surface area (Å²) in [6.07, 6.45) is 3.56. The number of benzene rings is 1. The van der Waals surface area contributed by atoms with Crippen LogP contribution in [0.5, 0.6) is 0 Å². The Hall–Kier alpha value is -2.30. The summed E-state index contributed by atoms with van der Waals surface area (Å²) in [6, 6.07) is 9.63. The largest absolute Gasteiger partial charge is 0.376 e. The van der Waals surface area contributed by atoms with E-state index in [4.69, 9.17) is 0 Å². The Balaban J connectivity index is 1.75. The SMILES string of the molecule is Cn1ccnc1CNC(=O)CNc1ccccc1. The Morgan fingerprint density at radius 3 is 2.78 bits per heavy atom. The normalized spacial score (nSPS) is 10.1. The minimum absolute atomic E-state index is 0.0538. The number of nitrogens with zero attached hydrogens (tertiary/aromatic N) is 2. The molecule has 94 valence electrons.